The molecule has 8 nitrogen and oxygen atoms in total. The van der Waals surface area contributed by atoms with Gasteiger partial charge in [0, 0.05) is 31.1 Å². The molecule has 2 aliphatic rings. The second-order valence-electron chi connectivity index (χ2n) is 7.51. The molecule has 0 radical (unpaired) electrons. The van der Waals surface area contributed by atoms with Crippen molar-refractivity contribution in [3.63, 3.8) is 0 Å². The topological polar surface area (TPSA) is 93.0 Å². The summed E-state index contributed by atoms with van der Waals surface area (Å²) in [6.07, 6.45) is 5.92. The van der Waals surface area contributed by atoms with Crippen LogP contribution >= 0.6 is 0 Å². The second kappa shape index (κ2) is 7.46. The summed E-state index contributed by atoms with van der Waals surface area (Å²) in [4.78, 5) is 35.0. The predicted octanol–water partition coefficient (Wildman–Crippen LogP) is 1.79. The highest BCUT2D eigenvalue weighted by Crippen LogP contribution is 2.38. The molecule has 2 fully saturated rings. The van der Waals surface area contributed by atoms with Crippen LogP contribution in [0.25, 0.3) is 0 Å². The van der Waals surface area contributed by atoms with Crippen LogP contribution in [-0.4, -0.2) is 38.7 Å². The average molecular weight is 368 g/mol. The van der Waals surface area contributed by atoms with Crippen molar-refractivity contribution in [2.45, 2.75) is 45.1 Å². The van der Waals surface area contributed by atoms with Crippen LogP contribution in [-0.2, 0) is 11.3 Å². The lowest BCUT2D eigenvalue weighted by atomic mass is 9.99. The zero-order valence-corrected chi connectivity index (χ0v) is 15.5. The van der Waals surface area contributed by atoms with Gasteiger partial charge < -0.3 is 10.2 Å². The van der Waals surface area contributed by atoms with Gasteiger partial charge in [-0.15, -0.1) is 0 Å². The number of hydrogen-bond acceptors (Lipinski definition) is 6. The SMILES string of the molecule is CC1CCN(c2cc(NC(=O)Cn3nc(C4CC4)ccc3=O)ncn2)CC1. The van der Waals surface area contributed by atoms with Gasteiger partial charge in [0.05, 0.1) is 5.69 Å². The van der Waals surface area contributed by atoms with Crippen molar-refractivity contribution >= 4 is 17.5 Å². The lowest BCUT2D eigenvalue weighted by Gasteiger charge is -2.31. The zero-order chi connectivity index (χ0) is 18.8. The third-order valence-electron chi connectivity index (χ3n) is 5.20. The van der Waals surface area contributed by atoms with E-state index in [4.69, 9.17) is 0 Å². The molecule has 4 rings (SSSR count). The van der Waals surface area contributed by atoms with E-state index >= 15 is 0 Å². The third kappa shape index (κ3) is 4.32. The molecule has 0 bridgehead atoms. The van der Waals surface area contributed by atoms with Gasteiger partial charge in [0.2, 0.25) is 5.91 Å². The van der Waals surface area contributed by atoms with Crippen LogP contribution in [0.4, 0.5) is 11.6 Å². The Bertz CT molecular complexity index is 884. The molecule has 8 heteroatoms. The van der Waals surface area contributed by atoms with Crippen LogP contribution in [0.2, 0.25) is 0 Å². The number of amides is 1. The number of anilines is 2. The minimum Gasteiger partial charge on any atom is -0.356 e. The molecular formula is C19H24N6O2. The molecule has 1 amide bonds. The molecule has 1 aliphatic heterocycles. The Morgan fingerprint density at radius 3 is 2.70 bits per heavy atom. The van der Waals surface area contributed by atoms with Gasteiger partial charge in [-0.3, -0.25) is 9.59 Å². The average Bonchev–Trinajstić information content (AvgIpc) is 3.49. The van der Waals surface area contributed by atoms with Crippen LogP contribution in [0.1, 0.15) is 44.2 Å². The van der Waals surface area contributed by atoms with Gasteiger partial charge in [0.25, 0.3) is 5.56 Å². The minimum atomic E-state index is -0.325. The van der Waals surface area contributed by atoms with E-state index in [0.717, 1.165) is 56.2 Å². The molecule has 1 N–H and O–H groups in total. The first-order valence-electron chi connectivity index (χ1n) is 9.53. The summed E-state index contributed by atoms with van der Waals surface area (Å²) >= 11 is 0. The summed E-state index contributed by atoms with van der Waals surface area (Å²) < 4.78 is 1.22. The second-order valence-corrected chi connectivity index (χ2v) is 7.51. The number of aromatic nitrogens is 4. The molecule has 2 aromatic rings. The van der Waals surface area contributed by atoms with Crippen molar-refractivity contribution in [1.29, 1.82) is 0 Å². The van der Waals surface area contributed by atoms with E-state index in [1.54, 1.807) is 12.1 Å². The molecule has 3 heterocycles. The standard InChI is InChI=1S/C19H24N6O2/c1-13-6-8-24(9-7-13)17-10-16(20-12-21-17)22-18(26)11-25-19(27)5-4-15(23-25)14-2-3-14/h4-5,10,12-14H,2-3,6-9,11H2,1H3,(H,20,21,22,26). The Balaban J connectivity index is 1.42. The van der Waals surface area contributed by atoms with Gasteiger partial charge in [-0.1, -0.05) is 6.92 Å². The van der Waals surface area contributed by atoms with E-state index in [0.29, 0.717) is 11.7 Å². The molecule has 0 atom stereocenters. The molecule has 1 aliphatic carbocycles. The Hall–Kier alpha value is -2.77. The number of nitrogens with one attached hydrogen (secondary N) is 1. The number of carbonyl (C=O) groups excluding carboxylic acids is 1. The maximum atomic E-state index is 12.4. The van der Waals surface area contributed by atoms with E-state index in [-0.39, 0.29) is 18.0 Å². The zero-order valence-electron chi connectivity index (χ0n) is 15.5. The summed E-state index contributed by atoms with van der Waals surface area (Å²) in [5.74, 6) is 2.10. The molecule has 0 spiro atoms. The molecule has 27 heavy (non-hydrogen) atoms. The van der Waals surface area contributed by atoms with Gasteiger partial charge in [0.1, 0.15) is 24.5 Å². The number of carbonyl (C=O) groups is 1. The van der Waals surface area contributed by atoms with Crippen LogP contribution in [0.15, 0.2) is 29.3 Å². The monoisotopic (exact) mass is 368 g/mol. The largest absolute Gasteiger partial charge is 0.356 e. The van der Waals surface area contributed by atoms with Gasteiger partial charge in [-0.25, -0.2) is 14.6 Å². The smallest absolute Gasteiger partial charge is 0.267 e. The molecular weight excluding hydrogens is 344 g/mol. The van der Waals surface area contributed by atoms with Crippen LogP contribution in [0, 0.1) is 5.92 Å². The molecule has 142 valence electrons. The summed E-state index contributed by atoms with van der Waals surface area (Å²) in [5, 5.41) is 7.07. The lowest BCUT2D eigenvalue weighted by molar-refractivity contribution is -0.117. The van der Waals surface area contributed by atoms with Crippen molar-refractivity contribution in [3.8, 4) is 0 Å². The summed E-state index contributed by atoms with van der Waals surface area (Å²) in [6.45, 7) is 4.05. The van der Waals surface area contributed by atoms with Crippen LogP contribution < -0.4 is 15.8 Å². The van der Waals surface area contributed by atoms with Crippen molar-refractivity contribution < 1.29 is 4.79 Å². The van der Waals surface area contributed by atoms with E-state index < -0.39 is 0 Å². The third-order valence-corrected chi connectivity index (χ3v) is 5.20. The predicted molar refractivity (Wildman–Crippen MR) is 102 cm³/mol. The highest BCUT2D eigenvalue weighted by atomic mass is 16.2. The van der Waals surface area contributed by atoms with Crippen molar-refractivity contribution in [1.82, 2.24) is 19.7 Å². The lowest BCUT2D eigenvalue weighted by Crippen LogP contribution is -2.33. The van der Waals surface area contributed by atoms with Crippen molar-refractivity contribution in [2.24, 2.45) is 5.92 Å². The highest BCUT2D eigenvalue weighted by molar-refractivity contribution is 5.89. The Morgan fingerprint density at radius 2 is 1.96 bits per heavy atom. The van der Waals surface area contributed by atoms with E-state index in [1.807, 2.05) is 0 Å². The summed E-state index contributed by atoms with van der Waals surface area (Å²) in [6, 6.07) is 5.02. The van der Waals surface area contributed by atoms with Gasteiger partial charge in [0.15, 0.2) is 0 Å². The van der Waals surface area contributed by atoms with Gasteiger partial charge >= 0.3 is 0 Å². The quantitative estimate of drug-likeness (QED) is 0.865. The fraction of sp³-hybridized carbons (Fsp3) is 0.526. The molecule has 1 saturated carbocycles. The first-order chi connectivity index (χ1) is 13.1. The Kier molecular flexibility index (Phi) is 4.87. The van der Waals surface area contributed by atoms with E-state index in [2.05, 4.69) is 32.2 Å². The maximum absolute atomic E-state index is 12.4. The van der Waals surface area contributed by atoms with E-state index in [1.165, 1.54) is 17.1 Å². The molecule has 0 aromatic carbocycles. The number of rotatable bonds is 5. The first kappa shape index (κ1) is 17.6. The van der Waals surface area contributed by atoms with Gasteiger partial charge in [-0.2, -0.15) is 5.10 Å². The number of nitrogens with zero attached hydrogens (tertiary/aromatic N) is 5. The molecule has 2 aromatic heterocycles. The van der Waals surface area contributed by atoms with Crippen molar-refractivity contribution in [3.05, 3.63) is 40.6 Å². The fourth-order valence-corrected chi connectivity index (χ4v) is 3.32. The van der Waals surface area contributed by atoms with Crippen LogP contribution in [0.3, 0.4) is 0 Å². The maximum Gasteiger partial charge on any atom is 0.267 e. The Labute approximate surface area is 157 Å². The number of piperidine rings is 1. The van der Waals surface area contributed by atoms with Gasteiger partial charge in [-0.05, 0) is 37.7 Å². The highest BCUT2D eigenvalue weighted by Gasteiger charge is 2.25. The first-order valence-corrected chi connectivity index (χ1v) is 9.53. The molecule has 1 saturated heterocycles. The summed E-state index contributed by atoms with van der Waals surface area (Å²) in [7, 11) is 0. The summed E-state index contributed by atoms with van der Waals surface area (Å²) in [5.41, 5.74) is 0.603. The van der Waals surface area contributed by atoms with Crippen LogP contribution in [0.5, 0.6) is 0 Å². The van der Waals surface area contributed by atoms with E-state index in [9.17, 15) is 9.59 Å². The number of hydrogen-bond donors (Lipinski definition) is 1. The normalized spacial score (nSPS) is 17.7. The van der Waals surface area contributed by atoms with Crippen molar-refractivity contribution in [2.75, 3.05) is 23.3 Å². The Morgan fingerprint density at radius 1 is 1.19 bits per heavy atom. The molecule has 0 unspecified atom stereocenters. The minimum absolute atomic E-state index is 0.125. The fourth-order valence-electron chi connectivity index (χ4n) is 3.32.